The Bertz CT molecular complexity index is 459. The number of aliphatic hydroxyl groups is 1. The molecule has 124 valence electrons. The predicted octanol–water partition coefficient (Wildman–Crippen LogP) is 1.67. The van der Waals surface area contributed by atoms with Crippen molar-refractivity contribution in [3.05, 3.63) is 23.8 Å². The zero-order valence-electron chi connectivity index (χ0n) is 13.8. The van der Waals surface area contributed by atoms with Gasteiger partial charge in [0.2, 0.25) is 0 Å². The average molecular weight is 308 g/mol. The van der Waals surface area contributed by atoms with Gasteiger partial charge in [0.25, 0.3) is 0 Å². The fraction of sp³-hybridized carbons (Fsp3) is 0.647. The van der Waals surface area contributed by atoms with E-state index >= 15 is 0 Å². The Labute approximate surface area is 133 Å². The maximum Gasteiger partial charge on any atom is 0.161 e. The molecule has 1 aromatic rings. The van der Waals surface area contributed by atoms with E-state index in [0.717, 1.165) is 43.2 Å². The summed E-state index contributed by atoms with van der Waals surface area (Å²) in [5, 5.41) is 13.1. The molecule has 0 radical (unpaired) electrons. The summed E-state index contributed by atoms with van der Waals surface area (Å²) in [6.45, 7) is 8.82. The summed E-state index contributed by atoms with van der Waals surface area (Å²) < 4.78 is 11.3. The number of aliphatic hydroxyl groups excluding tert-OH is 1. The highest BCUT2D eigenvalue weighted by atomic mass is 16.5. The number of nitrogens with zero attached hydrogens (tertiary/aromatic N) is 1. The third-order valence-corrected chi connectivity index (χ3v) is 3.91. The van der Waals surface area contributed by atoms with E-state index in [2.05, 4.69) is 24.1 Å². The minimum atomic E-state index is 0.00940. The Morgan fingerprint density at radius 3 is 2.55 bits per heavy atom. The van der Waals surface area contributed by atoms with Gasteiger partial charge in [0.1, 0.15) is 0 Å². The highest BCUT2D eigenvalue weighted by Crippen LogP contribution is 2.32. The number of methoxy groups -OCH3 is 1. The van der Waals surface area contributed by atoms with E-state index in [0.29, 0.717) is 12.5 Å². The van der Waals surface area contributed by atoms with E-state index in [1.807, 2.05) is 18.2 Å². The molecule has 2 N–H and O–H groups in total. The molecule has 5 nitrogen and oxygen atoms in total. The lowest BCUT2D eigenvalue weighted by Crippen LogP contribution is -2.46. The molecule has 1 fully saturated rings. The summed E-state index contributed by atoms with van der Waals surface area (Å²) in [5.74, 6) is 1.96. The predicted molar refractivity (Wildman–Crippen MR) is 87.6 cm³/mol. The average Bonchev–Trinajstić information content (AvgIpc) is 2.55. The lowest BCUT2D eigenvalue weighted by molar-refractivity contribution is 0.110. The van der Waals surface area contributed by atoms with E-state index in [9.17, 15) is 5.11 Å². The molecule has 22 heavy (non-hydrogen) atoms. The number of hydrogen-bond acceptors (Lipinski definition) is 5. The molecular weight excluding hydrogens is 280 g/mol. The molecule has 0 spiro atoms. The van der Waals surface area contributed by atoms with Crippen LogP contribution in [0.1, 0.15) is 25.5 Å². The van der Waals surface area contributed by atoms with E-state index in [1.54, 1.807) is 7.11 Å². The SMILES string of the molecule is COc1cc(C(CO)N2CCNCC2)ccc1OCC(C)C. The third-order valence-electron chi connectivity index (χ3n) is 3.91. The van der Waals surface area contributed by atoms with Gasteiger partial charge in [0.05, 0.1) is 26.4 Å². The summed E-state index contributed by atoms with van der Waals surface area (Å²) in [6.07, 6.45) is 0. The van der Waals surface area contributed by atoms with Crippen LogP contribution < -0.4 is 14.8 Å². The normalized spacial score (nSPS) is 17.5. The summed E-state index contributed by atoms with van der Waals surface area (Å²) in [7, 11) is 1.65. The topological polar surface area (TPSA) is 54.0 Å². The lowest BCUT2D eigenvalue weighted by atomic mass is 10.0. The van der Waals surface area contributed by atoms with Crippen LogP contribution in [0.15, 0.2) is 18.2 Å². The smallest absolute Gasteiger partial charge is 0.161 e. The number of rotatable bonds is 7. The molecule has 1 aromatic carbocycles. The van der Waals surface area contributed by atoms with Crippen LogP contribution in [-0.4, -0.2) is 56.5 Å². The van der Waals surface area contributed by atoms with E-state index in [4.69, 9.17) is 9.47 Å². The Hall–Kier alpha value is -1.30. The highest BCUT2D eigenvalue weighted by molar-refractivity contribution is 5.44. The molecule has 1 unspecified atom stereocenters. The quantitative estimate of drug-likeness (QED) is 0.802. The van der Waals surface area contributed by atoms with Gasteiger partial charge in [0.15, 0.2) is 11.5 Å². The molecule has 1 heterocycles. The van der Waals surface area contributed by atoms with Crippen LogP contribution in [0.4, 0.5) is 0 Å². The number of ether oxygens (including phenoxy) is 2. The monoisotopic (exact) mass is 308 g/mol. The van der Waals surface area contributed by atoms with Crippen molar-refractivity contribution in [2.75, 3.05) is 46.5 Å². The van der Waals surface area contributed by atoms with Crippen molar-refractivity contribution in [2.45, 2.75) is 19.9 Å². The zero-order chi connectivity index (χ0) is 15.9. The molecule has 5 heteroatoms. The van der Waals surface area contributed by atoms with Crippen molar-refractivity contribution in [1.29, 1.82) is 0 Å². The maximum atomic E-state index is 9.81. The van der Waals surface area contributed by atoms with Gasteiger partial charge in [-0.1, -0.05) is 19.9 Å². The zero-order valence-corrected chi connectivity index (χ0v) is 13.8. The maximum absolute atomic E-state index is 9.81. The van der Waals surface area contributed by atoms with Crippen molar-refractivity contribution in [3.63, 3.8) is 0 Å². The number of hydrogen-bond donors (Lipinski definition) is 2. The van der Waals surface area contributed by atoms with Crippen molar-refractivity contribution in [3.8, 4) is 11.5 Å². The van der Waals surface area contributed by atoms with Gasteiger partial charge < -0.3 is 19.9 Å². The van der Waals surface area contributed by atoms with Crippen LogP contribution in [0.3, 0.4) is 0 Å². The Kier molecular flexibility index (Phi) is 6.49. The first-order chi connectivity index (χ1) is 10.7. The highest BCUT2D eigenvalue weighted by Gasteiger charge is 2.22. The molecule has 1 aliphatic heterocycles. The Morgan fingerprint density at radius 2 is 1.95 bits per heavy atom. The van der Waals surface area contributed by atoms with E-state index < -0.39 is 0 Å². The second-order valence-corrected chi connectivity index (χ2v) is 6.10. The van der Waals surface area contributed by atoms with Gasteiger partial charge in [-0.2, -0.15) is 0 Å². The fourth-order valence-corrected chi connectivity index (χ4v) is 2.69. The molecule has 0 aromatic heterocycles. The van der Waals surface area contributed by atoms with Crippen LogP contribution >= 0.6 is 0 Å². The molecule has 1 aliphatic rings. The fourth-order valence-electron chi connectivity index (χ4n) is 2.69. The molecule has 0 aliphatic carbocycles. The first kappa shape index (κ1) is 17.1. The van der Waals surface area contributed by atoms with Gasteiger partial charge in [-0.05, 0) is 23.6 Å². The minimum absolute atomic E-state index is 0.00940. The van der Waals surface area contributed by atoms with Crippen molar-refractivity contribution < 1.29 is 14.6 Å². The number of nitrogens with one attached hydrogen (secondary N) is 1. The van der Waals surface area contributed by atoms with Crippen LogP contribution in [-0.2, 0) is 0 Å². The lowest BCUT2D eigenvalue weighted by Gasteiger charge is -2.34. The standard InChI is InChI=1S/C17H28N2O3/c1-13(2)12-22-16-5-4-14(10-17(16)21-3)15(11-20)19-8-6-18-7-9-19/h4-5,10,13,15,18,20H,6-9,11-12H2,1-3H3. The number of benzene rings is 1. The van der Waals surface area contributed by atoms with Gasteiger partial charge >= 0.3 is 0 Å². The van der Waals surface area contributed by atoms with Crippen molar-refractivity contribution in [1.82, 2.24) is 10.2 Å². The molecular formula is C17H28N2O3. The second-order valence-electron chi connectivity index (χ2n) is 6.10. The third kappa shape index (κ3) is 4.35. The summed E-state index contributed by atoms with van der Waals surface area (Å²) in [4.78, 5) is 2.31. The van der Waals surface area contributed by atoms with Crippen molar-refractivity contribution in [2.24, 2.45) is 5.92 Å². The minimum Gasteiger partial charge on any atom is -0.493 e. The first-order valence-electron chi connectivity index (χ1n) is 8.02. The molecule has 0 saturated carbocycles. The largest absolute Gasteiger partial charge is 0.493 e. The molecule has 0 amide bonds. The first-order valence-corrected chi connectivity index (χ1v) is 8.02. The van der Waals surface area contributed by atoms with Crippen LogP contribution in [0, 0.1) is 5.92 Å². The van der Waals surface area contributed by atoms with Crippen LogP contribution in [0.2, 0.25) is 0 Å². The molecule has 1 atom stereocenters. The Morgan fingerprint density at radius 1 is 1.23 bits per heavy atom. The Balaban J connectivity index is 2.15. The summed E-state index contributed by atoms with van der Waals surface area (Å²) >= 11 is 0. The molecule has 0 bridgehead atoms. The summed E-state index contributed by atoms with van der Waals surface area (Å²) in [5.41, 5.74) is 1.07. The second kappa shape index (κ2) is 8.36. The molecule has 2 rings (SSSR count). The molecule has 1 saturated heterocycles. The van der Waals surface area contributed by atoms with Gasteiger partial charge in [-0.25, -0.2) is 0 Å². The van der Waals surface area contributed by atoms with Crippen LogP contribution in [0.25, 0.3) is 0 Å². The van der Waals surface area contributed by atoms with Gasteiger partial charge in [-0.15, -0.1) is 0 Å². The summed E-state index contributed by atoms with van der Waals surface area (Å²) in [6, 6.07) is 5.97. The van der Waals surface area contributed by atoms with Gasteiger partial charge in [-0.3, -0.25) is 4.90 Å². The van der Waals surface area contributed by atoms with Crippen molar-refractivity contribution >= 4 is 0 Å². The van der Waals surface area contributed by atoms with Crippen LogP contribution in [0.5, 0.6) is 11.5 Å². The van der Waals surface area contributed by atoms with Gasteiger partial charge in [0, 0.05) is 26.2 Å². The van der Waals surface area contributed by atoms with E-state index in [1.165, 1.54) is 0 Å². The van der Waals surface area contributed by atoms with E-state index in [-0.39, 0.29) is 12.6 Å². The number of piperazine rings is 1.